The molecule has 1 aromatic carbocycles. The van der Waals surface area contributed by atoms with E-state index in [1.54, 1.807) is 30.3 Å². The lowest BCUT2D eigenvalue weighted by Crippen LogP contribution is -2.23. The third-order valence-corrected chi connectivity index (χ3v) is 4.55. The molecule has 144 valence electrons. The van der Waals surface area contributed by atoms with E-state index in [0.29, 0.717) is 28.6 Å². The second kappa shape index (κ2) is 8.96. The smallest absolute Gasteiger partial charge is 0.404 e. The number of benzene rings is 1. The van der Waals surface area contributed by atoms with Crippen molar-refractivity contribution in [3.63, 3.8) is 0 Å². The van der Waals surface area contributed by atoms with Crippen LogP contribution in [0.2, 0.25) is 0 Å². The van der Waals surface area contributed by atoms with E-state index in [-0.39, 0.29) is 18.3 Å². The normalized spacial score (nSPS) is 10.3. The minimum absolute atomic E-state index is 0.0700. The molecule has 0 atom stereocenters. The topological polar surface area (TPSA) is 101 Å². The summed E-state index contributed by atoms with van der Waals surface area (Å²) in [6.07, 6.45) is 0.251. The average molecular weight is 401 g/mol. The van der Waals surface area contributed by atoms with E-state index in [1.165, 1.54) is 29.7 Å². The maximum Gasteiger partial charge on any atom is 0.404 e. The lowest BCUT2D eigenvalue weighted by Gasteiger charge is -2.05. The van der Waals surface area contributed by atoms with Crippen LogP contribution >= 0.6 is 11.3 Å². The zero-order valence-electron chi connectivity index (χ0n) is 14.5. The Hall–Kier alpha value is -3.46. The molecule has 0 aliphatic carbocycles. The Bertz CT molecular complexity index is 975. The summed E-state index contributed by atoms with van der Waals surface area (Å²) in [5, 5.41) is 14.1. The number of thiophene rings is 1. The van der Waals surface area contributed by atoms with Crippen molar-refractivity contribution >= 4 is 23.3 Å². The summed E-state index contributed by atoms with van der Waals surface area (Å²) in [6.45, 7) is 0.374. The van der Waals surface area contributed by atoms with Gasteiger partial charge in [-0.1, -0.05) is 6.07 Å². The van der Waals surface area contributed by atoms with Crippen LogP contribution in [0.4, 0.5) is 9.18 Å². The van der Waals surface area contributed by atoms with E-state index in [9.17, 15) is 14.0 Å². The Balaban J connectivity index is 1.52. The van der Waals surface area contributed by atoms with Crippen LogP contribution in [0.15, 0.2) is 54.7 Å². The van der Waals surface area contributed by atoms with Crippen molar-refractivity contribution in [2.75, 3.05) is 0 Å². The molecule has 3 aromatic rings. The van der Waals surface area contributed by atoms with Crippen molar-refractivity contribution in [2.45, 2.75) is 13.1 Å². The second-order valence-electron chi connectivity index (χ2n) is 5.66. The number of hydrogen-bond donors (Lipinski definition) is 3. The van der Waals surface area contributed by atoms with E-state index >= 15 is 0 Å². The molecule has 0 saturated carbocycles. The van der Waals surface area contributed by atoms with Gasteiger partial charge >= 0.3 is 6.09 Å². The molecule has 0 fully saturated rings. The van der Waals surface area contributed by atoms with E-state index < -0.39 is 6.09 Å². The lowest BCUT2D eigenvalue weighted by atomic mass is 10.2. The van der Waals surface area contributed by atoms with Crippen molar-refractivity contribution in [1.29, 1.82) is 0 Å². The molecule has 2 aromatic heterocycles. The van der Waals surface area contributed by atoms with Crippen molar-refractivity contribution in [3.05, 3.63) is 76.7 Å². The molecule has 3 rings (SSSR count). The molecule has 0 bridgehead atoms. The fraction of sp³-hybridized carbons (Fsp3) is 0.105. The highest BCUT2D eigenvalue weighted by atomic mass is 32.1. The second-order valence-corrected chi connectivity index (χ2v) is 6.79. The molecular formula is C19H16FN3O4S. The third kappa shape index (κ3) is 5.52. The number of halogens is 1. The van der Waals surface area contributed by atoms with Gasteiger partial charge in [-0.3, -0.25) is 9.78 Å². The zero-order valence-corrected chi connectivity index (χ0v) is 15.3. The summed E-state index contributed by atoms with van der Waals surface area (Å²) in [7, 11) is 0. The summed E-state index contributed by atoms with van der Waals surface area (Å²) in [4.78, 5) is 27.6. The van der Waals surface area contributed by atoms with Crippen LogP contribution in [0.5, 0.6) is 10.8 Å². The number of nitrogens with one attached hydrogen (secondary N) is 2. The number of carbonyl (C=O) groups is 2. The predicted octanol–water partition coefficient (Wildman–Crippen LogP) is 3.77. The summed E-state index contributed by atoms with van der Waals surface area (Å²) < 4.78 is 18.8. The molecule has 3 N–H and O–H groups in total. The Morgan fingerprint density at radius 2 is 1.96 bits per heavy atom. The molecule has 0 aliphatic heterocycles. The number of carboxylic acid groups (broad SMARTS) is 1. The Labute approximate surface area is 163 Å². The molecule has 28 heavy (non-hydrogen) atoms. The molecule has 0 unspecified atom stereocenters. The van der Waals surface area contributed by atoms with Crippen molar-refractivity contribution in [2.24, 2.45) is 0 Å². The molecule has 0 radical (unpaired) electrons. The molecular weight excluding hydrogens is 385 g/mol. The molecule has 9 heteroatoms. The van der Waals surface area contributed by atoms with Crippen molar-refractivity contribution in [1.82, 2.24) is 15.6 Å². The maximum atomic E-state index is 13.2. The maximum absolute atomic E-state index is 13.2. The van der Waals surface area contributed by atoms with E-state index in [1.807, 2.05) is 6.07 Å². The van der Waals surface area contributed by atoms with Gasteiger partial charge in [-0.25, -0.2) is 9.18 Å². The lowest BCUT2D eigenvalue weighted by molar-refractivity contribution is 0.0950. The highest BCUT2D eigenvalue weighted by Gasteiger charge is 2.09. The van der Waals surface area contributed by atoms with Crippen LogP contribution in [0, 0.1) is 5.82 Å². The van der Waals surface area contributed by atoms with Crippen molar-refractivity contribution in [3.8, 4) is 10.8 Å². The van der Waals surface area contributed by atoms with Gasteiger partial charge in [0, 0.05) is 17.1 Å². The summed E-state index contributed by atoms with van der Waals surface area (Å²) in [5.41, 5.74) is 0.878. The first-order valence-corrected chi connectivity index (χ1v) is 9.03. The predicted molar refractivity (Wildman–Crippen MR) is 101 cm³/mol. The number of nitrogens with zero attached hydrogens (tertiary/aromatic N) is 1. The first-order valence-electron chi connectivity index (χ1n) is 8.21. The number of carbonyl (C=O) groups excluding carboxylic acids is 1. The van der Waals surface area contributed by atoms with Crippen molar-refractivity contribution < 1.29 is 23.8 Å². The van der Waals surface area contributed by atoms with Gasteiger partial charge in [-0.05, 0) is 36.4 Å². The summed E-state index contributed by atoms with van der Waals surface area (Å²) >= 11 is 1.34. The summed E-state index contributed by atoms with van der Waals surface area (Å²) in [6, 6.07) is 12.6. The highest BCUT2D eigenvalue weighted by molar-refractivity contribution is 7.13. The van der Waals surface area contributed by atoms with E-state index in [4.69, 9.17) is 9.84 Å². The van der Waals surface area contributed by atoms with Crippen LogP contribution in [-0.2, 0) is 13.1 Å². The Morgan fingerprint density at radius 3 is 2.68 bits per heavy atom. The van der Waals surface area contributed by atoms with Gasteiger partial charge in [0.05, 0.1) is 24.3 Å². The fourth-order valence-electron chi connectivity index (χ4n) is 2.25. The molecule has 7 nitrogen and oxygen atoms in total. The third-order valence-electron chi connectivity index (χ3n) is 3.58. The quantitative estimate of drug-likeness (QED) is 0.560. The number of amides is 2. The molecule has 2 heterocycles. The molecule has 0 spiro atoms. The first kappa shape index (κ1) is 19.3. The minimum atomic E-state index is -1.14. The summed E-state index contributed by atoms with van der Waals surface area (Å²) in [5.74, 6) is -0.271. The molecule has 2 amide bonds. The van der Waals surface area contributed by atoms with Gasteiger partial charge in [-0.15, -0.1) is 11.3 Å². The monoisotopic (exact) mass is 401 g/mol. The van der Waals surface area contributed by atoms with Gasteiger partial charge in [0.15, 0.2) is 5.06 Å². The van der Waals surface area contributed by atoms with Crippen LogP contribution in [0.3, 0.4) is 0 Å². The average Bonchev–Trinajstić information content (AvgIpc) is 3.12. The highest BCUT2D eigenvalue weighted by Crippen LogP contribution is 2.29. The van der Waals surface area contributed by atoms with Crippen LogP contribution in [-0.4, -0.2) is 22.1 Å². The fourth-order valence-corrected chi connectivity index (χ4v) is 3.07. The van der Waals surface area contributed by atoms with E-state index in [2.05, 4.69) is 15.6 Å². The van der Waals surface area contributed by atoms with Gasteiger partial charge in [0.1, 0.15) is 11.6 Å². The Kier molecular flexibility index (Phi) is 6.18. The number of pyridine rings is 1. The SMILES string of the molecule is O=C(O)NCc1ccc(C(=O)NCc2ccc(Oc3cccc(F)c3)s2)cn1. The van der Waals surface area contributed by atoms with Gasteiger partial charge < -0.3 is 20.5 Å². The largest absolute Gasteiger partial charge is 0.465 e. The molecule has 0 saturated heterocycles. The standard InChI is InChI=1S/C19H16FN3O4S/c20-13-2-1-3-15(8-13)27-17-7-6-16(28-17)11-22-18(24)12-4-5-14(21-9-12)10-23-19(25)26/h1-9,23H,10-11H2,(H,22,24)(H,25,26). The first-order chi connectivity index (χ1) is 13.5. The van der Waals surface area contributed by atoms with E-state index in [0.717, 1.165) is 4.88 Å². The van der Waals surface area contributed by atoms with Crippen LogP contribution in [0.25, 0.3) is 0 Å². The number of rotatable bonds is 7. The Morgan fingerprint density at radius 1 is 1.11 bits per heavy atom. The van der Waals surface area contributed by atoms with Gasteiger partial charge in [-0.2, -0.15) is 0 Å². The minimum Gasteiger partial charge on any atom is -0.465 e. The number of hydrogen-bond acceptors (Lipinski definition) is 5. The van der Waals surface area contributed by atoms with Crippen LogP contribution < -0.4 is 15.4 Å². The number of aromatic nitrogens is 1. The molecule has 0 aliphatic rings. The van der Waals surface area contributed by atoms with Crippen LogP contribution in [0.1, 0.15) is 20.9 Å². The zero-order chi connectivity index (χ0) is 19.9. The van der Waals surface area contributed by atoms with Gasteiger partial charge in [0.25, 0.3) is 5.91 Å². The van der Waals surface area contributed by atoms with Gasteiger partial charge in [0.2, 0.25) is 0 Å². The number of ether oxygens (including phenoxy) is 1.